The van der Waals surface area contributed by atoms with Crippen molar-refractivity contribution in [3.63, 3.8) is 0 Å². The zero-order valence-electron chi connectivity index (χ0n) is 13.8. The van der Waals surface area contributed by atoms with Gasteiger partial charge in [-0.3, -0.25) is 14.6 Å². The molecule has 2 atom stereocenters. The molecule has 0 saturated carbocycles. The summed E-state index contributed by atoms with van der Waals surface area (Å²) in [5.41, 5.74) is 1.21. The quantitative estimate of drug-likeness (QED) is 0.844. The van der Waals surface area contributed by atoms with E-state index in [4.69, 9.17) is 0 Å². The summed E-state index contributed by atoms with van der Waals surface area (Å²) in [5, 5.41) is 3.33. The molecule has 3 rings (SSSR count). The Balaban J connectivity index is 1.54. The minimum atomic E-state index is 0.208. The van der Waals surface area contributed by atoms with Gasteiger partial charge in [0.25, 0.3) is 0 Å². The van der Waals surface area contributed by atoms with Crippen LogP contribution in [0.2, 0.25) is 0 Å². The number of carbonyl (C=O) groups excluding carboxylic acids is 1. The lowest BCUT2D eigenvalue weighted by atomic mass is 10.0. The topological polar surface area (TPSA) is 39.7 Å². The van der Waals surface area contributed by atoms with Crippen LogP contribution in [-0.2, 0) is 11.3 Å². The van der Waals surface area contributed by atoms with Crippen LogP contribution in [0.1, 0.15) is 24.5 Å². The first-order valence-corrected chi connectivity index (χ1v) is 9.04. The number of likely N-dealkylation sites (tertiary alicyclic amines) is 1. The summed E-state index contributed by atoms with van der Waals surface area (Å²) in [6.45, 7) is 13.1. The van der Waals surface area contributed by atoms with E-state index in [9.17, 15) is 4.79 Å². The summed E-state index contributed by atoms with van der Waals surface area (Å²) in [6, 6.07) is 0.619. The number of aryl methyl sites for hydroxylation is 1. The minimum absolute atomic E-state index is 0.208. The van der Waals surface area contributed by atoms with E-state index in [1.165, 1.54) is 5.69 Å². The number of nitrogens with zero attached hydrogens (tertiary/aromatic N) is 4. The molecule has 0 N–H and O–H groups in total. The van der Waals surface area contributed by atoms with Gasteiger partial charge in [-0.15, -0.1) is 11.3 Å². The van der Waals surface area contributed by atoms with Gasteiger partial charge in [-0.1, -0.05) is 6.92 Å². The second-order valence-electron chi connectivity index (χ2n) is 6.64. The second-order valence-corrected chi connectivity index (χ2v) is 7.70. The predicted molar refractivity (Wildman–Crippen MR) is 88.9 cm³/mol. The monoisotopic (exact) mass is 322 g/mol. The summed E-state index contributed by atoms with van der Waals surface area (Å²) in [4.78, 5) is 23.1. The van der Waals surface area contributed by atoms with Gasteiger partial charge in [0.15, 0.2) is 0 Å². The average Bonchev–Trinajstić information content (AvgIpc) is 3.05. The smallest absolute Gasteiger partial charge is 0.219 e. The molecule has 3 heterocycles. The summed E-state index contributed by atoms with van der Waals surface area (Å²) in [5.74, 6) is 0.892. The van der Waals surface area contributed by atoms with Crippen LogP contribution in [0.3, 0.4) is 0 Å². The molecule has 1 amide bonds. The molecule has 122 valence electrons. The number of thiazole rings is 1. The number of carbonyl (C=O) groups is 1. The Hall–Kier alpha value is -0.980. The van der Waals surface area contributed by atoms with Crippen molar-refractivity contribution in [1.82, 2.24) is 19.7 Å². The average molecular weight is 322 g/mol. The molecule has 0 bridgehead atoms. The molecule has 5 nitrogen and oxygen atoms in total. The van der Waals surface area contributed by atoms with E-state index in [0.717, 1.165) is 50.8 Å². The number of rotatable bonds is 3. The van der Waals surface area contributed by atoms with Crippen molar-refractivity contribution in [3.8, 4) is 0 Å². The molecule has 2 aliphatic heterocycles. The summed E-state index contributed by atoms with van der Waals surface area (Å²) in [7, 11) is 0. The second kappa shape index (κ2) is 6.64. The highest BCUT2D eigenvalue weighted by Crippen LogP contribution is 2.24. The van der Waals surface area contributed by atoms with Crippen molar-refractivity contribution < 1.29 is 4.79 Å². The maximum atomic E-state index is 11.4. The van der Waals surface area contributed by atoms with Gasteiger partial charge in [-0.05, 0) is 12.8 Å². The van der Waals surface area contributed by atoms with Crippen LogP contribution in [0.5, 0.6) is 0 Å². The van der Waals surface area contributed by atoms with Gasteiger partial charge in [0, 0.05) is 64.2 Å². The van der Waals surface area contributed by atoms with Gasteiger partial charge < -0.3 is 4.90 Å². The number of hydrogen-bond acceptors (Lipinski definition) is 5. The molecule has 2 saturated heterocycles. The summed E-state index contributed by atoms with van der Waals surface area (Å²) < 4.78 is 0. The van der Waals surface area contributed by atoms with Crippen molar-refractivity contribution in [1.29, 1.82) is 0 Å². The first-order valence-electron chi connectivity index (χ1n) is 8.16. The highest BCUT2D eigenvalue weighted by molar-refractivity contribution is 7.09. The van der Waals surface area contributed by atoms with E-state index in [0.29, 0.717) is 12.0 Å². The SMILES string of the molecule is CC(=O)N1CCN(C2CN(Cc3csc(C)n3)CC2C)CC1. The van der Waals surface area contributed by atoms with E-state index in [1.807, 2.05) is 4.90 Å². The van der Waals surface area contributed by atoms with Crippen LogP contribution in [-0.4, -0.2) is 70.9 Å². The molecule has 0 aliphatic carbocycles. The first kappa shape index (κ1) is 15.9. The van der Waals surface area contributed by atoms with Gasteiger partial charge in [-0.25, -0.2) is 4.98 Å². The predicted octanol–water partition coefficient (Wildman–Crippen LogP) is 1.44. The highest BCUT2D eigenvalue weighted by Gasteiger charge is 2.35. The van der Waals surface area contributed by atoms with Crippen molar-refractivity contribution in [2.75, 3.05) is 39.3 Å². The molecule has 0 aromatic carbocycles. The van der Waals surface area contributed by atoms with Crippen LogP contribution in [0.4, 0.5) is 0 Å². The fraction of sp³-hybridized carbons (Fsp3) is 0.750. The van der Waals surface area contributed by atoms with Crippen LogP contribution >= 0.6 is 11.3 Å². The Kier molecular flexibility index (Phi) is 4.80. The van der Waals surface area contributed by atoms with Crippen molar-refractivity contribution in [2.45, 2.75) is 33.4 Å². The fourth-order valence-corrected chi connectivity index (χ4v) is 4.33. The van der Waals surface area contributed by atoms with Crippen LogP contribution in [0, 0.1) is 12.8 Å². The molecular weight excluding hydrogens is 296 g/mol. The number of hydrogen-bond donors (Lipinski definition) is 0. The van der Waals surface area contributed by atoms with Crippen molar-refractivity contribution >= 4 is 17.2 Å². The fourth-order valence-electron chi connectivity index (χ4n) is 3.73. The third-order valence-electron chi connectivity index (χ3n) is 4.93. The van der Waals surface area contributed by atoms with E-state index in [-0.39, 0.29) is 5.91 Å². The van der Waals surface area contributed by atoms with E-state index in [2.05, 4.69) is 34.0 Å². The van der Waals surface area contributed by atoms with Crippen LogP contribution < -0.4 is 0 Å². The van der Waals surface area contributed by atoms with E-state index in [1.54, 1.807) is 18.3 Å². The lowest BCUT2D eigenvalue weighted by molar-refractivity contribution is -0.130. The molecule has 1 aromatic heterocycles. The van der Waals surface area contributed by atoms with Crippen LogP contribution in [0.15, 0.2) is 5.38 Å². The Morgan fingerprint density at radius 1 is 1.32 bits per heavy atom. The van der Waals surface area contributed by atoms with Gasteiger partial charge in [0.2, 0.25) is 5.91 Å². The van der Waals surface area contributed by atoms with Crippen molar-refractivity contribution in [3.05, 3.63) is 16.1 Å². The summed E-state index contributed by atoms with van der Waals surface area (Å²) in [6.07, 6.45) is 0. The normalized spacial score (nSPS) is 27.5. The molecule has 0 spiro atoms. The molecule has 0 radical (unpaired) electrons. The zero-order chi connectivity index (χ0) is 15.7. The van der Waals surface area contributed by atoms with Gasteiger partial charge >= 0.3 is 0 Å². The zero-order valence-corrected chi connectivity index (χ0v) is 14.6. The molecule has 2 unspecified atom stereocenters. The molecule has 6 heteroatoms. The highest BCUT2D eigenvalue weighted by atomic mass is 32.1. The number of amides is 1. The lowest BCUT2D eigenvalue weighted by Crippen LogP contribution is -2.53. The molecule has 2 fully saturated rings. The largest absolute Gasteiger partial charge is 0.340 e. The Labute approximate surface area is 136 Å². The summed E-state index contributed by atoms with van der Waals surface area (Å²) >= 11 is 1.73. The minimum Gasteiger partial charge on any atom is -0.340 e. The van der Waals surface area contributed by atoms with Gasteiger partial charge in [-0.2, -0.15) is 0 Å². The Morgan fingerprint density at radius 2 is 2.05 bits per heavy atom. The Morgan fingerprint density at radius 3 is 2.64 bits per heavy atom. The first-order chi connectivity index (χ1) is 10.5. The molecule has 1 aromatic rings. The standard InChI is InChI=1S/C16H26N4OS/c1-12-8-18(9-15-11-22-13(2)17-15)10-16(12)20-6-4-19(5-7-20)14(3)21/h11-12,16H,4-10H2,1-3H3. The van der Waals surface area contributed by atoms with Crippen LogP contribution in [0.25, 0.3) is 0 Å². The maximum Gasteiger partial charge on any atom is 0.219 e. The maximum absolute atomic E-state index is 11.4. The molecule has 22 heavy (non-hydrogen) atoms. The van der Waals surface area contributed by atoms with Gasteiger partial charge in [0.1, 0.15) is 0 Å². The number of piperazine rings is 1. The third-order valence-corrected chi connectivity index (χ3v) is 5.75. The number of aromatic nitrogens is 1. The molecule has 2 aliphatic rings. The Bertz CT molecular complexity index is 524. The van der Waals surface area contributed by atoms with E-state index < -0.39 is 0 Å². The lowest BCUT2D eigenvalue weighted by Gasteiger charge is -2.39. The van der Waals surface area contributed by atoms with Crippen molar-refractivity contribution in [2.24, 2.45) is 5.92 Å². The van der Waals surface area contributed by atoms with E-state index >= 15 is 0 Å². The third kappa shape index (κ3) is 3.50. The van der Waals surface area contributed by atoms with Gasteiger partial charge in [0.05, 0.1) is 10.7 Å². The molecular formula is C16H26N4OS.